The molecule has 0 aliphatic heterocycles. The van der Waals surface area contributed by atoms with Crippen LogP contribution in [-0.2, 0) is 11.3 Å². The zero-order chi connectivity index (χ0) is 21.5. The highest BCUT2D eigenvalue weighted by Gasteiger charge is 2.15. The second-order valence-corrected chi connectivity index (χ2v) is 8.13. The Labute approximate surface area is 184 Å². The second kappa shape index (κ2) is 7.51. The van der Waals surface area contributed by atoms with Crippen LogP contribution in [0.4, 0.5) is 5.69 Å². The Morgan fingerprint density at radius 2 is 1.87 bits per heavy atom. The van der Waals surface area contributed by atoms with Gasteiger partial charge in [0.2, 0.25) is 5.91 Å². The highest BCUT2D eigenvalue weighted by Crippen LogP contribution is 2.21. The normalized spacial score (nSPS) is 11.3. The van der Waals surface area contributed by atoms with Gasteiger partial charge in [0, 0.05) is 28.1 Å². The monoisotopic (exact) mass is 476 g/mol. The molecule has 0 atom stereocenters. The third-order valence-electron chi connectivity index (χ3n) is 4.94. The van der Waals surface area contributed by atoms with E-state index in [1.165, 1.54) is 9.96 Å². The van der Waals surface area contributed by atoms with Gasteiger partial charge in [-0.15, -0.1) is 5.10 Å². The van der Waals surface area contributed by atoms with E-state index < -0.39 is 0 Å². The lowest BCUT2D eigenvalue weighted by molar-refractivity contribution is -0.117. The maximum absolute atomic E-state index is 12.8. The Morgan fingerprint density at radius 1 is 1.06 bits per heavy atom. The summed E-state index contributed by atoms with van der Waals surface area (Å²) in [6.07, 6.45) is 3.31. The molecule has 9 heteroatoms. The van der Waals surface area contributed by atoms with Gasteiger partial charge in [0.25, 0.3) is 0 Å². The molecule has 154 valence electrons. The van der Waals surface area contributed by atoms with Crippen LogP contribution < -0.4 is 11.0 Å². The Balaban J connectivity index is 1.49. The number of hydrogen-bond donors (Lipinski definition) is 1. The van der Waals surface area contributed by atoms with Crippen LogP contribution in [0, 0.1) is 6.92 Å². The third-order valence-corrected chi connectivity index (χ3v) is 5.43. The first-order valence-electron chi connectivity index (χ1n) is 9.58. The quantitative estimate of drug-likeness (QED) is 0.429. The number of halogens is 1. The van der Waals surface area contributed by atoms with Crippen molar-refractivity contribution in [2.24, 2.45) is 0 Å². The molecule has 0 unspecified atom stereocenters. The maximum Gasteiger partial charge on any atom is 0.350 e. The van der Waals surface area contributed by atoms with Crippen molar-refractivity contribution in [1.29, 1.82) is 0 Å². The minimum absolute atomic E-state index is 0.196. The molecule has 8 nitrogen and oxygen atoms in total. The third kappa shape index (κ3) is 3.64. The fourth-order valence-electron chi connectivity index (χ4n) is 3.41. The van der Waals surface area contributed by atoms with Gasteiger partial charge >= 0.3 is 5.69 Å². The SMILES string of the molecule is Cc1ccc(-c2cc3c4nn(CC(=O)Nc5cccc(Br)c5)c(=O)n4ccn3n2)cc1. The number of benzene rings is 2. The number of anilines is 1. The summed E-state index contributed by atoms with van der Waals surface area (Å²) in [5, 5.41) is 11.8. The largest absolute Gasteiger partial charge is 0.350 e. The fourth-order valence-corrected chi connectivity index (χ4v) is 3.80. The summed E-state index contributed by atoms with van der Waals surface area (Å²) < 4.78 is 5.11. The number of aryl methyl sites for hydroxylation is 1. The number of aromatic nitrogens is 5. The molecule has 0 spiro atoms. The van der Waals surface area contributed by atoms with Crippen molar-refractivity contribution in [3.05, 3.63) is 87.5 Å². The molecular weight excluding hydrogens is 460 g/mol. The number of amides is 1. The standard InChI is InChI=1S/C22H17BrN6O2/c1-14-5-7-15(8-6-14)18-12-19-21-26-29(22(31)27(21)9-10-28(19)25-18)13-20(30)24-17-4-2-3-16(23)11-17/h2-12H,13H2,1H3,(H,24,30). The average molecular weight is 477 g/mol. The van der Waals surface area contributed by atoms with Gasteiger partial charge in [-0.25, -0.2) is 18.4 Å². The van der Waals surface area contributed by atoms with Gasteiger partial charge in [-0.1, -0.05) is 51.8 Å². The molecule has 0 fully saturated rings. The summed E-state index contributed by atoms with van der Waals surface area (Å²) in [5.74, 6) is -0.339. The molecule has 0 bridgehead atoms. The van der Waals surface area contributed by atoms with E-state index in [1.807, 2.05) is 49.4 Å². The number of hydrogen-bond acceptors (Lipinski definition) is 4. The molecule has 31 heavy (non-hydrogen) atoms. The molecule has 1 N–H and O–H groups in total. The van der Waals surface area contributed by atoms with Crippen LogP contribution in [-0.4, -0.2) is 29.7 Å². The van der Waals surface area contributed by atoms with Gasteiger partial charge in [0.15, 0.2) is 5.65 Å². The molecule has 0 saturated carbocycles. The molecule has 5 rings (SSSR count). The van der Waals surface area contributed by atoms with Crippen molar-refractivity contribution in [1.82, 2.24) is 23.8 Å². The second-order valence-electron chi connectivity index (χ2n) is 7.22. The molecule has 1 amide bonds. The fraction of sp³-hybridized carbons (Fsp3) is 0.0909. The lowest BCUT2D eigenvalue weighted by atomic mass is 10.1. The summed E-state index contributed by atoms with van der Waals surface area (Å²) >= 11 is 3.37. The minimum atomic E-state index is -0.389. The number of rotatable bonds is 4. The molecule has 0 saturated heterocycles. The van der Waals surface area contributed by atoms with Crippen molar-refractivity contribution >= 4 is 38.7 Å². The Bertz CT molecular complexity index is 1500. The van der Waals surface area contributed by atoms with Gasteiger partial charge < -0.3 is 5.32 Å². The van der Waals surface area contributed by atoms with E-state index in [0.29, 0.717) is 16.9 Å². The summed E-state index contributed by atoms with van der Waals surface area (Å²) in [6.45, 7) is 1.83. The van der Waals surface area contributed by atoms with Crippen molar-refractivity contribution in [3.63, 3.8) is 0 Å². The van der Waals surface area contributed by atoms with Gasteiger partial charge in [-0.05, 0) is 31.2 Å². The Morgan fingerprint density at radius 3 is 2.65 bits per heavy atom. The minimum Gasteiger partial charge on any atom is -0.324 e. The number of carbonyl (C=O) groups is 1. The van der Waals surface area contributed by atoms with Crippen LogP contribution in [0.2, 0.25) is 0 Å². The van der Waals surface area contributed by atoms with Crippen molar-refractivity contribution in [3.8, 4) is 11.3 Å². The number of fused-ring (bicyclic) bond motifs is 3. The summed E-state index contributed by atoms with van der Waals surface area (Å²) in [5.41, 5.74) is 4.29. The molecule has 3 heterocycles. The van der Waals surface area contributed by atoms with E-state index in [2.05, 4.69) is 31.4 Å². The predicted molar refractivity (Wildman–Crippen MR) is 121 cm³/mol. The Hall–Kier alpha value is -3.72. The molecule has 0 radical (unpaired) electrons. The highest BCUT2D eigenvalue weighted by molar-refractivity contribution is 9.10. The van der Waals surface area contributed by atoms with Crippen molar-refractivity contribution in [2.45, 2.75) is 13.5 Å². The van der Waals surface area contributed by atoms with E-state index in [9.17, 15) is 9.59 Å². The van der Waals surface area contributed by atoms with E-state index in [-0.39, 0.29) is 18.1 Å². The molecule has 2 aromatic carbocycles. The van der Waals surface area contributed by atoms with E-state index in [0.717, 1.165) is 20.4 Å². The van der Waals surface area contributed by atoms with Crippen LogP contribution in [0.5, 0.6) is 0 Å². The first kappa shape index (κ1) is 19.3. The van der Waals surface area contributed by atoms with E-state index in [4.69, 9.17) is 0 Å². The summed E-state index contributed by atoms with van der Waals surface area (Å²) in [4.78, 5) is 25.2. The summed E-state index contributed by atoms with van der Waals surface area (Å²) in [7, 11) is 0. The number of nitrogens with zero attached hydrogens (tertiary/aromatic N) is 5. The smallest absolute Gasteiger partial charge is 0.324 e. The first-order chi connectivity index (χ1) is 15.0. The lowest BCUT2D eigenvalue weighted by Crippen LogP contribution is -2.28. The van der Waals surface area contributed by atoms with Crippen LogP contribution >= 0.6 is 15.9 Å². The topological polar surface area (TPSA) is 85.7 Å². The summed E-state index contributed by atoms with van der Waals surface area (Å²) in [6, 6.07) is 17.2. The van der Waals surface area contributed by atoms with Crippen molar-refractivity contribution in [2.75, 3.05) is 5.32 Å². The van der Waals surface area contributed by atoms with Crippen LogP contribution in [0.25, 0.3) is 22.4 Å². The molecule has 3 aromatic heterocycles. The molecule has 5 aromatic rings. The van der Waals surface area contributed by atoms with Crippen molar-refractivity contribution < 1.29 is 4.79 Å². The van der Waals surface area contributed by atoms with E-state index >= 15 is 0 Å². The lowest BCUT2D eigenvalue weighted by Gasteiger charge is -2.04. The average Bonchev–Trinajstić information content (AvgIpc) is 3.30. The van der Waals surface area contributed by atoms with Crippen LogP contribution in [0.3, 0.4) is 0 Å². The molecular formula is C22H17BrN6O2. The zero-order valence-corrected chi connectivity index (χ0v) is 18.1. The number of nitrogens with one attached hydrogen (secondary N) is 1. The molecule has 0 aliphatic carbocycles. The zero-order valence-electron chi connectivity index (χ0n) is 16.5. The number of carbonyl (C=O) groups excluding carboxylic acids is 1. The highest BCUT2D eigenvalue weighted by atomic mass is 79.9. The van der Waals surface area contributed by atoms with Gasteiger partial charge in [0.1, 0.15) is 12.1 Å². The van der Waals surface area contributed by atoms with Gasteiger partial charge in [0.05, 0.1) is 5.69 Å². The van der Waals surface area contributed by atoms with E-state index in [1.54, 1.807) is 29.0 Å². The van der Waals surface area contributed by atoms with Gasteiger partial charge in [-0.3, -0.25) is 4.79 Å². The predicted octanol–water partition coefficient (Wildman–Crippen LogP) is 3.52. The van der Waals surface area contributed by atoms with Crippen LogP contribution in [0.15, 0.2) is 76.3 Å². The Kier molecular flexibility index (Phi) is 4.67. The van der Waals surface area contributed by atoms with Gasteiger partial charge in [-0.2, -0.15) is 5.10 Å². The molecule has 0 aliphatic rings. The first-order valence-corrected chi connectivity index (χ1v) is 10.4. The van der Waals surface area contributed by atoms with Crippen LogP contribution in [0.1, 0.15) is 5.56 Å². The maximum atomic E-state index is 12.8.